The second kappa shape index (κ2) is 6.12. The molecule has 0 N–H and O–H groups in total. The number of rotatable bonds is 2. The van der Waals surface area contributed by atoms with Gasteiger partial charge in [-0.15, -0.1) is 11.3 Å². The minimum atomic E-state index is 1.27. The molecule has 0 saturated carbocycles. The molecule has 5 aromatic rings. The van der Waals surface area contributed by atoms with Crippen molar-refractivity contribution in [3.8, 4) is 21.6 Å². The van der Waals surface area contributed by atoms with E-state index < -0.39 is 0 Å². The van der Waals surface area contributed by atoms with E-state index in [9.17, 15) is 0 Å². The lowest BCUT2D eigenvalue weighted by molar-refractivity contribution is 1.64. The quantitative estimate of drug-likeness (QED) is 0.286. The van der Waals surface area contributed by atoms with Gasteiger partial charge in [-0.25, -0.2) is 0 Å². The lowest BCUT2D eigenvalue weighted by atomic mass is 9.88. The number of fused-ring (bicyclic) bond motifs is 2. The Balaban J connectivity index is 2.02. The van der Waals surface area contributed by atoms with E-state index in [0.717, 1.165) is 0 Å². The highest BCUT2D eigenvalue weighted by molar-refractivity contribution is 7.15. The van der Waals surface area contributed by atoms with Crippen LogP contribution in [0, 0.1) is 6.92 Å². The topological polar surface area (TPSA) is 0 Å². The third-order valence-electron chi connectivity index (χ3n) is 4.98. The van der Waals surface area contributed by atoms with Gasteiger partial charge in [0.15, 0.2) is 0 Å². The maximum atomic E-state index is 2.26. The summed E-state index contributed by atoms with van der Waals surface area (Å²) < 4.78 is 0. The summed E-state index contributed by atoms with van der Waals surface area (Å²) in [6.07, 6.45) is 0. The summed E-state index contributed by atoms with van der Waals surface area (Å²) in [6.45, 7) is 2.18. The minimum Gasteiger partial charge on any atom is -0.141 e. The van der Waals surface area contributed by atoms with Crippen LogP contribution in [0.1, 0.15) is 4.88 Å². The van der Waals surface area contributed by atoms with Crippen molar-refractivity contribution in [2.75, 3.05) is 0 Å². The van der Waals surface area contributed by atoms with E-state index in [1.807, 2.05) is 11.3 Å². The molecule has 0 spiro atoms. The van der Waals surface area contributed by atoms with Gasteiger partial charge in [0.2, 0.25) is 0 Å². The molecule has 124 valence electrons. The maximum absolute atomic E-state index is 2.26. The van der Waals surface area contributed by atoms with Crippen molar-refractivity contribution >= 4 is 32.9 Å². The average Bonchev–Trinajstić information content (AvgIpc) is 3.12. The van der Waals surface area contributed by atoms with E-state index in [-0.39, 0.29) is 0 Å². The summed E-state index contributed by atoms with van der Waals surface area (Å²) in [5, 5.41) is 5.29. The molecule has 1 heteroatoms. The molecule has 0 saturated heterocycles. The Morgan fingerprint density at radius 3 is 1.50 bits per heavy atom. The molecule has 0 aliphatic heterocycles. The predicted octanol–water partition coefficient (Wildman–Crippen LogP) is 7.70. The van der Waals surface area contributed by atoms with Crippen molar-refractivity contribution in [2.45, 2.75) is 6.92 Å². The Hall–Kier alpha value is -2.90. The lowest BCUT2D eigenvalue weighted by Crippen LogP contribution is -1.89. The molecule has 0 fully saturated rings. The number of benzene rings is 4. The Morgan fingerprint density at radius 2 is 1.00 bits per heavy atom. The molecule has 1 aromatic heterocycles. The molecule has 1 heterocycles. The van der Waals surface area contributed by atoms with Crippen LogP contribution in [0.25, 0.3) is 43.1 Å². The third kappa shape index (κ3) is 2.36. The molecule has 0 nitrogen and oxygen atoms in total. The van der Waals surface area contributed by atoms with Gasteiger partial charge in [-0.1, -0.05) is 78.9 Å². The molecule has 0 aliphatic rings. The van der Waals surface area contributed by atoms with Gasteiger partial charge >= 0.3 is 0 Å². The SMILES string of the molecule is Cc1ccc(-c2c3ccccc3c(-c3ccccc3)c3ccccc23)s1. The van der Waals surface area contributed by atoms with Crippen molar-refractivity contribution in [3.05, 3.63) is 95.9 Å². The molecule has 0 bridgehead atoms. The third-order valence-corrected chi connectivity index (χ3v) is 6.00. The number of hydrogen-bond acceptors (Lipinski definition) is 1. The molecule has 0 unspecified atom stereocenters. The zero-order valence-electron chi connectivity index (χ0n) is 14.6. The van der Waals surface area contributed by atoms with Gasteiger partial charge in [0.05, 0.1) is 0 Å². The highest BCUT2D eigenvalue weighted by Gasteiger charge is 2.16. The van der Waals surface area contributed by atoms with Crippen molar-refractivity contribution in [1.82, 2.24) is 0 Å². The Bertz CT molecular complexity index is 1170. The second-order valence-corrected chi connectivity index (χ2v) is 7.91. The van der Waals surface area contributed by atoms with Crippen LogP contribution in [-0.2, 0) is 0 Å². The minimum absolute atomic E-state index is 1.27. The largest absolute Gasteiger partial charge is 0.141 e. The van der Waals surface area contributed by atoms with Crippen molar-refractivity contribution in [3.63, 3.8) is 0 Å². The van der Waals surface area contributed by atoms with Gasteiger partial charge in [-0.3, -0.25) is 0 Å². The van der Waals surface area contributed by atoms with Crippen molar-refractivity contribution in [2.24, 2.45) is 0 Å². The van der Waals surface area contributed by atoms with Gasteiger partial charge in [0.25, 0.3) is 0 Å². The predicted molar refractivity (Wildman–Crippen MR) is 115 cm³/mol. The van der Waals surface area contributed by atoms with Crippen molar-refractivity contribution < 1.29 is 0 Å². The fraction of sp³-hybridized carbons (Fsp3) is 0.0400. The van der Waals surface area contributed by atoms with Gasteiger partial charge in [-0.05, 0) is 51.7 Å². The molecule has 4 aromatic carbocycles. The van der Waals surface area contributed by atoms with Gasteiger partial charge in [0.1, 0.15) is 0 Å². The fourth-order valence-corrected chi connectivity index (χ4v) is 4.82. The van der Waals surface area contributed by atoms with Crippen LogP contribution in [0.15, 0.2) is 91.0 Å². The molecule has 0 atom stereocenters. The van der Waals surface area contributed by atoms with Crippen LogP contribution in [0.5, 0.6) is 0 Å². The van der Waals surface area contributed by atoms with Crippen LogP contribution in [0.3, 0.4) is 0 Å². The van der Waals surface area contributed by atoms with Crippen molar-refractivity contribution in [1.29, 1.82) is 0 Å². The van der Waals surface area contributed by atoms with E-state index in [1.165, 1.54) is 48.0 Å². The monoisotopic (exact) mass is 350 g/mol. The molecule has 5 rings (SSSR count). The number of aryl methyl sites for hydroxylation is 1. The zero-order valence-corrected chi connectivity index (χ0v) is 15.4. The van der Waals surface area contributed by atoms with E-state index >= 15 is 0 Å². The Labute approximate surface area is 157 Å². The summed E-state index contributed by atoms with van der Waals surface area (Å²) in [5.74, 6) is 0. The molecule has 0 amide bonds. The van der Waals surface area contributed by atoms with E-state index in [0.29, 0.717) is 0 Å². The molecule has 26 heavy (non-hydrogen) atoms. The zero-order chi connectivity index (χ0) is 17.5. The first kappa shape index (κ1) is 15.4. The summed E-state index contributed by atoms with van der Waals surface area (Å²) in [5.41, 5.74) is 3.96. The van der Waals surface area contributed by atoms with Gasteiger partial charge in [0, 0.05) is 15.3 Å². The van der Waals surface area contributed by atoms with Gasteiger partial charge in [-0.2, -0.15) is 0 Å². The first-order chi connectivity index (χ1) is 12.8. The Kier molecular flexibility index (Phi) is 3.62. The Morgan fingerprint density at radius 1 is 0.500 bits per heavy atom. The van der Waals surface area contributed by atoms with Crippen LogP contribution < -0.4 is 0 Å². The maximum Gasteiger partial charge on any atom is 0.0358 e. The average molecular weight is 350 g/mol. The first-order valence-corrected chi connectivity index (χ1v) is 9.70. The highest BCUT2D eigenvalue weighted by Crippen LogP contribution is 2.44. The molecular formula is C25H18S. The fourth-order valence-electron chi connectivity index (χ4n) is 3.88. The summed E-state index contributed by atoms with van der Waals surface area (Å²) >= 11 is 1.87. The molecule has 0 radical (unpaired) electrons. The number of hydrogen-bond donors (Lipinski definition) is 0. The van der Waals surface area contributed by atoms with Gasteiger partial charge < -0.3 is 0 Å². The summed E-state index contributed by atoms with van der Waals surface area (Å²) in [7, 11) is 0. The molecule has 0 aliphatic carbocycles. The van der Waals surface area contributed by atoms with Crippen LogP contribution in [0.4, 0.5) is 0 Å². The summed E-state index contributed by atoms with van der Waals surface area (Å²) in [4.78, 5) is 2.69. The van der Waals surface area contributed by atoms with Crippen LogP contribution >= 0.6 is 11.3 Å². The van der Waals surface area contributed by atoms with E-state index in [4.69, 9.17) is 0 Å². The lowest BCUT2D eigenvalue weighted by Gasteiger charge is -2.16. The standard InChI is InChI=1S/C25H18S/c1-17-15-16-23(26-17)25-21-13-7-5-11-19(21)24(18-9-3-2-4-10-18)20-12-6-8-14-22(20)25/h2-16H,1H3. The van der Waals surface area contributed by atoms with Crippen LogP contribution in [0.2, 0.25) is 0 Å². The normalized spacial score (nSPS) is 11.3. The number of thiophene rings is 1. The first-order valence-electron chi connectivity index (χ1n) is 8.88. The van der Waals surface area contributed by atoms with E-state index in [1.54, 1.807) is 0 Å². The summed E-state index contributed by atoms with van der Waals surface area (Å²) in [6, 6.07) is 32.9. The smallest absolute Gasteiger partial charge is 0.0358 e. The second-order valence-electron chi connectivity index (χ2n) is 6.62. The van der Waals surface area contributed by atoms with Crippen LogP contribution in [-0.4, -0.2) is 0 Å². The van der Waals surface area contributed by atoms with E-state index in [2.05, 4.69) is 97.9 Å². The molecular weight excluding hydrogens is 332 g/mol. The highest BCUT2D eigenvalue weighted by atomic mass is 32.1.